The van der Waals surface area contributed by atoms with Gasteiger partial charge in [0.2, 0.25) is 0 Å². The van der Waals surface area contributed by atoms with E-state index in [9.17, 15) is 20.1 Å². The molecule has 1 saturated heterocycles. The van der Waals surface area contributed by atoms with Crippen molar-refractivity contribution in [1.29, 1.82) is 0 Å². The molecule has 0 amide bonds. The average Bonchev–Trinajstić information content (AvgIpc) is 3.32. The van der Waals surface area contributed by atoms with Crippen LogP contribution in [-0.2, 0) is 9.47 Å². The van der Waals surface area contributed by atoms with E-state index in [0.717, 1.165) is 12.8 Å². The number of ether oxygens (including phenoxy) is 2. The lowest BCUT2D eigenvalue weighted by atomic mass is 9.87. The minimum absolute atomic E-state index is 0.134. The summed E-state index contributed by atoms with van der Waals surface area (Å²) in [6, 6.07) is 8.46. The van der Waals surface area contributed by atoms with Gasteiger partial charge in [-0.25, -0.2) is 4.79 Å². The van der Waals surface area contributed by atoms with E-state index in [1.807, 2.05) is 0 Å². The van der Waals surface area contributed by atoms with Crippen LogP contribution in [0.5, 0.6) is 0 Å². The number of hydrogen-bond acceptors (Lipinski definition) is 6. The second kappa shape index (κ2) is 5.38. The number of esters is 1. The third-order valence-corrected chi connectivity index (χ3v) is 4.17. The lowest BCUT2D eigenvalue weighted by molar-refractivity contribution is -0.133. The van der Waals surface area contributed by atoms with Gasteiger partial charge in [-0.05, 0) is 30.9 Å². The molecule has 6 nitrogen and oxygen atoms in total. The van der Waals surface area contributed by atoms with Crippen molar-refractivity contribution in [3.8, 4) is 0 Å². The van der Waals surface area contributed by atoms with Gasteiger partial charge in [-0.2, -0.15) is 0 Å². The van der Waals surface area contributed by atoms with Crippen LogP contribution in [0, 0.1) is 5.92 Å². The summed E-state index contributed by atoms with van der Waals surface area (Å²) in [7, 11) is 0. The Balaban J connectivity index is 1.66. The molecule has 1 aromatic carbocycles. The Morgan fingerprint density at radius 2 is 1.95 bits per heavy atom. The van der Waals surface area contributed by atoms with E-state index >= 15 is 0 Å². The van der Waals surface area contributed by atoms with E-state index in [4.69, 9.17) is 9.47 Å². The second-order valence-electron chi connectivity index (χ2n) is 5.59. The Kier molecular flexibility index (Phi) is 3.71. The van der Waals surface area contributed by atoms with Crippen molar-refractivity contribution in [2.75, 3.05) is 6.61 Å². The fourth-order valence-corrected chi connectivity index (χ4v) is 2.80. The molecule has 1 aliphatic carbocycles. The van der Waals surface area contributed by atoms with Crippen LogP contribution in [0.1, 0.15) is 23.2 Å². The largest absolute Gasteiger partial charge is 0.459 e. The molecule has 0 bridgehead atoms. The number of carbonyl (C=O) groups excluding carboxylic acids is 1. The Morgan fingerprint density at radius 1 is 1.29 bits per heavy atom. The minimum Gasteiger partial charge on any atom is -0.459 e. The molecule has 0 aromatic heterocycles. The zero-order chi connectivity index (χ0) is 15.0. The van der Waals surface area contributed by atoms with Crippen LogP contribution in [0.4, 0.5) is 0 Å². The molecule has 4 atom stereocenters. The van der Waals surface area contributed by atoms with Gasteiger partial charge >= 0.3 is 5.97 Å². The highest BCUT2D eigenvalue weighted by Crippen LogP contribution is 2.48. The van der Waals surface area contributed by atoms with Crippen LogP contribution < -0.4 is 0 Å². The van der Waals surface area contributed by atoms with Crippen LogP contribution >= 0.6 is 0 Å². The summed E-state index contributed by atoms with van der Waals surface area (Å²) < 4.78 is 10.3. The fourth-order valence-electron chi connectivity index (χ4n) is 2.80. The first-order valence-corrected chi connectivity index (χ1v) is 6.99. The summed E-state index contributed by atoms with van der Waals surface area (Å²) >= 11 is 0. The summed E-state index contributed by atoms with van der Waals surface area (Å²) in [6.45, 7) is -0.213. The highest BCUT2D eigenvalue weighted by atomic mass is 16.7. The van der Waals surface area contributed by atoms with Gasteiger partial charge in [0.1, 0.15) is 24.4 Å². The number of carbonyl (C=O) groups is 1. The third kappa shape index (κ3) is 2.55. The Hall–Kier alpha value is -1.47. The zero-order valence-corrected chi connectivity index (χ0v) is 11.4. The Morgan fingerprint density at radius 3 is 2.57 bits per heavy atom. The molecule has 2 fully saturated rings. The number of aliphatic hydroxyl groups excluding tert-OH is 2. The van der Waals surface area contributed by atoms with Crippen LogP contribution in [-0.4, -0.2) is 52.0 Å². The maximum absolute atomic E-state index is 11.9. The molecular weight excluding hydrogens is 276 g/mol. The van der Waals surface area contributed by atoms with Crippen molar-refractivity contribution in [3.05, 3.63) is 35.9 Å². The highest BCUT2D eigenvalue weighted by molar-refractivity contribution is 5.89. The predicted octanol–water partition coefficient (Wildman–Crippen LogP) is 0.0626. The fraction of sp³-hybridized carbons (Fsp3) is 0.533. The van der Waals surface area contributed by atoms with Gasteiger partial charge in [0.15, 0.2) is 6.29 Å². The highest BCUT2D eigenvalue weighted by Gasteiger charge is 2.62. The van der Waals surface area contributed by atoms with Gasteiger partial charge in [0.05, 0.1) is 5.56 Å². The van der Waals surface area contributed by atoms with Gasteiger partial charge < -0.3 is 24.8 Å². The summed E-state index contributed by atoms with van der Waals surface area (Å²) in [6.07, 6.45) is -2.26. The Bertz CT molecular complexity index is 514. The summed E-state index contributed by atoms with van der Waals surface area (Å²) in [5, 5.41) is 30.1. The molecule has 1 aromatic rings. The lowest BCUT2D eigenvalue weighted by Crippen LogP contribution is -2.51. The normalized spacial score (nSPS) is 35.7. The van der Waals surface area contributed by atoms with Gasteiger partial charge in [-0.1, -0.05) is 18.2 Å². The molecule has 1 unspecified atom stereocenters. The topological polar surface area (TPSA) is 96.2 Å². The standard InChI is InChI=1S/C15H18O6/c16-12-14(18)21-11(15(12,19)10-6-7-10)8-20-13(17)9-4-2-1-3-5-9/h1-5,10-12,14,16,18-19H,6-8H2/t11-,12+,14?,15+/m1/s1. The molecule has 2 aliphatic rings. The first-order valence-electron chi connectivity index (χ1n) is 6.99. The van der Waals surface area contributed by atoms with Crippen molar-refractivity contribution < 1.29 is 29.6 Å². The van der Waals surface area contributed by atoms with Crippen LogP contribution in [0.2, 0.25) is 0 Å². The van der Waals surface area contributed by atoms with E-state index in [1.54, 1.807) is 30.3 Å². The first-order chi connectivity index (χ1) is 10.0. The van der Waals surface area contributed by atoms with Crippen molar-refractivity contribution in [2.45, 2.75) is 36.9 Å². The van der Waals surface area contributed by atoms with Gasteiger partial charge in [-0.15, -0.1) is 0 Å². The molecule has 6 heteroatoms. The van der Waals surface area contributed by atoms with E-state index in [2.05, 4.69) is 0 Å². The van der Waals surface area contributed by atoms with Crippen molar-refractivity contribution in [2.24, 2.45) is 5.92 Å². The van der Waals surface area contributed by atoms with Crippen LogP contribution in [0.3, 0.4) is 0 Å². The SMILES string of the molecule is O=C(OC[C@H]1OC(O)[C@H](O)[C@]1(O)C1CC1)c1ccccc1. The molecule has 3 N–H and O–H groups in total. The monoisotopic (exact) mass is 294 g/mol. The number of hydrogen-bond donors (Lipinski definition) is 3. The van der Waals surface area contributed by atoms with E-state index < -0.39 is 30.1 Å². The van der Waals surface area contributed by atoms with Crippen molar-refractivity contribution in [1.82, 2.24) is 0 Å². The quantitative estimate of drug-likeness (QED) is 0.680. The van der Waals surface area contributed by atoms with E-state index in [0.29, 0.717) is 5.56 Å². The number of rotatable bonds is 4. The molecular formula is C15H18O6. The lowest BCUT2D eigenvalue weighted by Gasteiger charge is -2.30. The average molecular weight is 294 g/mol. The van der Waals surface area contributed by atoms with E-state index in [-0.39, 0.29) is 12.5 Å². The van der Waals surface area contributed by atoms with Gasteiger partial charge in [0.25, 0.3) is 0 Å². The van der Waals surface area contributed by atoms with Gasteiger partial charge in [-0.3, -0.25) is 0 Å². The maximum atomic E-state index is 11.9. The summed E-state index contributed by atoms with van der Waals surface area (Å²) in [5.74, 6) is -0.668. The maximum Gasteiger partial charge on any atom is 0.338 e. The second-order valence-corrected chi connectivity index (χ2v) is 5.59. The van der Waals surface area contributed by atoms with Gasteiger partial charge in [0, 0.05) is 0 Å². The van der Waals surface area contributed by atoms with Crippen LogP contribution in [0.15, 0.2) is 30.3 Å². The van der Waals surface area contributed by atoms with Crippen LogP contribution in [0.25, 0.3) is 0 Å². The predicted molar refractivity (Wildman–Crippen MR) is 71.3 cm³/mol. The zero-order valence-electron chi connectivity index (χ0n) is 11.4. The molecule has 0 spiro atoms. The summed E-state index contributed by atoms with van der Waals surface area (Å²) in [5.41, 5.74) is -1.16. The molecule has 1 aliphatic heterocycles. The van der Waals surface area contributed by atoms with Crippen molar-refractivity contribution in [3.63, 3.8) is 0 Å². The third-order valence-electron chi connectivity index (χ3n) is 4.17. The molecule has 1 heterocycles. The first kappa shape index (κ1) is 14.5. The molecule has 114 valence electrons. The van der Waals surface area contributed by atoms with Crippen molar-refractivity contribution >= 4 is 5.97 Å². The smallest absolute Gasteiger partial charge is 0.338 e. The van der Waals surface area contributed by atoms with E-state index in [1.165, 1.54) is 0 Å². The summed E-state index contributed by atoms with van der Waals surface area (Å²) in [4.78, 5) is 11.9. The molecule has 0 radical (unpaired) electrons. The number of benzene rings is 1. The minimum atomic E-state index is -1.56. The molecule has 3 rings (SSSR count). The number of aliphatic hydroxyl groups is 3. The molecule has 21 heavy (non-hydrogen) atoms. The Labute approximate surface area is 121 Å². The molecule has 1 saturated carbocycles.